The number of halogens is 2. The summed E-state index contributed by atoms with van der Waals surface area (Å²) in [5.41, 5.74) is 6.13. The van der Waals surface area contributed by atoms with E-state index in [-0.39, 0.29) is 23.9 Å². The maximum Gasteiger partial charge on any atom is 0.251 e. The van der Waals surface area contributed by atoms with Crippen molar-refractivity contribution < 1.29 is 4.79 Å². The molecule has 0 bridgehead atoms. The molecule has 0 aliphatic carbocycles. The van der Waals surface area contributed by atoms with Crippen LogP contribution in [0.25, 0.3) is 0 Å². The highest BCUT2D eigenvalue weighted by Crippen LogP contribution is 2.15. The second-order valence-electron chi connectivity index (χ2n) is 4.15. The maximum atomic E-state index is 12.1. The molecular formula is C13H20BrClN2O. The molecule has 0 aliphatic rings. The Bertz CT molecular complexity index is 369. The van der Waals surface area contributed by atoms with Crippen molar-refractivity contribution in [3.63, 3.8) is 0 Å². The van der Waals surface area contributed by atoms with Gasteiger partial charge >= 0.3 is 0 Å². The summed E-state index contributed by atoms with van der Waals surface area (Å²) in [6, 6.07) is 7.31. The molecule has 0 radical (unpaired) electrons. The summed E-state index contributed by atoms with van der Waals surface area (Å²) in [5, 5.41) is 3.04. The molecule has 0 aromatic heterocycles. The Labute approximate surface area is 123 Å². The van der Waals surface area contributed by atoms with Crippen molar-refractivity contribution >= 4 is 34.2 Å². The van der Waals surface area contributed by atoms with Gasteiger partial charge in [-0.05, 0) is 37.1 Å². The third kappa shape index (κ3) is 4.26. The molecule has 5 heteroatoms. The zero-order valence-corrected chi connectivity index (χ0v) is 13.1. The lowest BCUT2D eigenvalue weighted by Crippen LogP contribution is -2.52. The Balaban J connectivity index is 0.00000289. The Morgan fingerprint density at radius 3 is 2.17 bits per heavy atom. The third-order valence-electron chi connectivity index (χ3n) is 3.23. The van der Waals surface area contributed by atoms with Crippen molar-refractivity contribution in [1.82, 2.24) is 5.32 Å². The average molecular weight is 336 g/mol. The van der Waals surface area contributed by atoms with Gasteiger partial charge in [-0.3, -0.25) is 4.79 Å². The molecule has 1 aromatic carbocycles. The minimum absolute atomic E-state index is 0. The van der Waals surface area contributed by atoms with E-state index in [1.165, 1.54) is 0 Å². The van der Waals surface area contributed by atoms with Crippen LogP contribution in [-0.2, 0) is 0 Å². The molecule has 3 nitrogen and oxygen atoms in total. The minimum Gasteiger partial charge on any atom is -0.345 e. The molecule has 0 saturated carbocycles. The zero-order valence-electron chi connectivity index (χ0n) is 10.7. The third-order valence-corrected chi connectivity index (χ3v) is 3.76. The smallest absolute Gasteiger partial charge is 0.251 e. The molecule has 0 unspecified atom stereocenters. The summed E-state index contributed by atoms with van der Waals surface area (Å²) in [4.78, 5) is 12.1. The summed E-state index contributed by atoms with van der Waals surface area (Å²) in [6.45, 7) is 4.54. The van der Waals surface area contributed by atoms with Gasteiger partial charge in [0.1, 0.15) is 0 Å². The van der Waals surface area contributed by atoms with Crippen LogP contribution < -0.4 is 11.1 Å². The van der Waals surface area contributed by atoms with Gasteiger partial charge in [-0.25, -0.2) is 0 Å². The van der Waals surface area contributed by atoms with Gasteiger partial charge < -0.3 is 11.1 Å². The SMILES string of the molecule is CCC(CC)(CN)NC(=O)c1ccc(Br)cc1.Cl. The molecule has 0 heterocycles. The Hall–Kier alpha value is -0.580. The molecular weight excluding hydrogens is 316 g/mol. The first-order valence-corrected chi connectivity index (χ1v) is 6.64. The van der Waals surface area contributed by atoms with Gasteiger partial charge in [0.25, 0.3) is 5.91 Å². The van der Waals surface area contributed by atoms with E-state index >= 15 is 0 Å². The molecule has 102 valence electrons. The number of nitrogens with two attached hydrogens (primary N) is 1. The minimum atomic E-state index is -0.288. The van der Waals surface area contributed by atoms with Crippen LogP contribution in [0, 0.1) is 0 Å². The predicted molar refractivity (Wildman–Crippen MR) is 81.2 cm³/mol. The molecule has 1 aromatic rings. The lowest BCUT2D eigenvalue weighted by atomic mass is 9.92. The Kier molecular flexibility index (Phi) is 7.52. The number of carbonyl (C=O) groups excluding carboxylic acids is 1. The largest absolute Gasteiger partial charge is 0.345 e. The lowest BCUT2D eigenvalue weighted by molar-refractivity contribution is 0.0895. The van der Waals surface area contributed by atoms with Gasteiger partial charge in [-0.15, -0.1) is 12.4 Å². The van der Waals surface area contributed by atoms with Crippen LogP contribution in [0.15, 0.2) is 28.7 Å². The number of benzene rings is 1. The summed E-state index contributed by atoms with van der Waals surface area (Å²) >= 11 is 3.35. The van der Waals surface area contributed by atoms with Crippen LogP contribution in [-0.4, -0.2) is 18.0 Å². The summed E-state index contributed by atoms with van der Waals surface area (Å²) in [5.74, 6) is -0.0633. The van der Waals surface area contributed by atoms with Gasteiger partial charge in [0.05, 0.1) is 5.54 Å². The summed E-state index contributed by atoms with van der Waals surface area (Å²) in [7, 11) is 0. The number of amides is 1. The predicted octanol–water partition coefficient (Wildman–Crippen LogP) is 3.12. The highest BCUT2D eigenvalue weighted by molar-refractivity contribution is 9.10. The summed E-state index contributed by atoms with van der Waals surface area (Å²) < 4.78 is 0.963. The molecule has 0 saturated heterocycles. The van der Waals surface area contributed by atoms with Crippen molar-refractivity contribution in [3.05, 3.63) is 34.3 Å². The topological polar surface area (TPSA) is 55.1 Å². The highest BCUT2D eigenvalue weighted by Gasteiger charge is 2.26. The van der Waals surface area contributed by atoms with Crippen LogP contribution in [0.2, 0.25) is 0 Å². The number of hydrogen-bond acceptors (Lipinski definition) is 2. The van der Waals surface area contributed by atoms with Crippen molar-refractivity contribution in [2.24, 2.45) is 5.73 Å². The van der Waals surface area contributed by atoms with E-state index < -0.39 is 0 Å². The van der Waals surface area contributed by atoms with E-state index in [0.717, 1.165) is 17.3 Å². The maximum absolute atomic E-state index is 12.1. The quantitative estimate of drug-likeness (QED) is 0.868. The van der Waals surface area contributed by atoms with Crippen LogP contribution in [0.1, 0.15) is 37.0 Å². The fourth-order valence-electron chi connectivity index (χ4n) is 1.68. The molecule has 1 amide bonds. The van der Waals surface area contributed by atoms with E-state index in [1.807, 2.05) is 26.0 Å². The lowest BCUT2D eigenvalue weighted by Gasteiger charge is -2.31. The van der Waals surface area contributed by atoms with E-state index in [2.05, 4.69) is 21.2 Å². The fourth-order valence-corrected chi connectivity index (χ4v) is 1.95. The molecule has 0 spiro atoms. The van der Waals surface area contributed by atoms with Crippen molar-refractivity contribution in [1.29, 1.82) is 0 Å². The Morgan fingerprint density at radius 1 is 1.28 bits per heavy atom. The normalized spacial score (nSPS) is 10.7. The highest BCUT2D eigenvalue weighted by atomic mass is 79.9. The molecule has 1 rings (SSSR count). The van der Waals surface area contributed by atoms with E-state index in [4.69, 9.17) is 5.73 Å². The monoisotopic (exact) mass is 334 g/mol. The fraction of sp³-hybridized carbons (Fsp3) is 0.462. The Morgan fingerprint density at radius 2 is 1.78 bits per heavy atom. The first-order chi connectivity index (χ1) is 8.06. The van der Waals surface area contributed by atoms with Crippen LogP contribution >= 0.6 is 28.3 Å². The van der Waals surface area contributed by atoms with Gasteiger partial charge in [0, 0.05) is 16.6 Å². The van der Waals surface area contributed by atoms with Gasteiger partial charge in [0.15, 0.2) is 0 Å². The van der Waals surface area contributed by atoms with E-state index in [9.17, 15) is 4.79 Å². The van der Waals surface area contributed by atoms with E-state index in [1.54, 1.807) is 12.1 Å². The average Bonchev–Trinajstić information content (AvgIpc) is 2.37. The molecule has 18 heavy (non-hydrogen) atoms. The first kappa shape index (κ1) is 17.4. The van der Waals surface area contributed by atoms with Gasteiger partial charge in [-0.2, -0.15) is 0 Å². The second-order valence-corrected chi connectivity index (χ2v) is 5.07. The number of carbonyl (C=O) groups is 1. The first-order valence-electron chi connectivity index (χ1n) is 5.85. The van der Waals surface area contributed by atoms with Gasteiger partial charge in [0.2, 0.25) is 0 Å². The standard InChI is InChI=1S/C13H19BrN2O.ClH/c1-3-13(4-2,9-15)16-12(17)10-5-7-11(14)8-6-10;/h5-8H,3-4,9,15H2,1-2H3,(H,16,17);1H. The molecule has 3 N–H and O–H groups in total. The van der Waals surface area contributed by atoms with E-state index in [0.29, 0.717) is 12.1 Å². The summed E-state index contributed by atoms with van der Waals surface area (Å²) in [6.07, 6.45) is 1.67. The van der Waals surface area contributed by atoms with Crippen LogP contribution in [0.4, 0.5) is 0 Å². The molecule has 0 atom stereocenters. The van der Waals surface area contributed by atoms with Gasteiger partial charge in [-0.1, -0.05) is 29.8 Å². The molecule has 0 aliphatic heterocycles. The van der Waals surface area contributed by atoms with Crippen molar-refractivity contribution in [2.75, 3.05) is 6.54 Å². The number of hydrogen-bond donors (Lipinski definition) is 2. The van der Waals surface area contributed by atoms with Crippen molar-refractivity contribution in [2.45, 2.75) is 32.2 Å². The van der Waals surface area contributed by atoms with Crippen LogP contribution in [0.3, 0.4) is 0 Å². The number of rotatable bonds is 5. The van der Waals surface area contributed by atoms with Crippen LogP contribution in [0.5, 0.6) is 0 Å². The molecule has 0 fully saturated rings. The van der Waals surface area contributed by atoms with Crippen molar-refractivity contribution in [3.8, 4) is 0 Å². The second kappa shape index (κ2) is 7.77. The number of nitrogens with one attached hydrogen (secondary N) is 1. The zero-order chi connectivity index (χ0) is 12.9.